The number of hydrogen-bond donors (Lipinski definition) is 0. The zero-order chi connectivity index (χ0) is 15.4. The summed E-state index contributed by atoms with van der Waals surface area (Å²) in [6.45, 7) is 1.22. The molecule has 0 saturated carbocycles. The molecule has 6 heteroatoms. The van der Waals surface area contributed by atoms with Gasteiger partial charge in [0.1, 0.15) is 24.0 Å². The van der Waals surface area contributed by atoms with E-state index >= 15 is 0 Å². The maximum Gasteiger partial charge on any atom is 0.141 e. The van der Waals surface area contributed by atoms with Crippen molar-refractivity contribution in [3.63, 3.8) is 0 Å². The van der Waals surface area contributed by atoms with Crippen LogP contribution < -0.4 is 9.64 Å². The summed E-state index contributed by atoms with van der Waals surface area (Å²) < 4.78 is 24.3. The van der Waals surface area contributed by atoms with Gasteiger partial charge >= 0.3 is 0 Å². The van der Waals surface area contributed by atoms with Gasteiger partial charge in [0.15, 0.2) is 0 Å². The maximum absolute atomic E-state index is 13.0. The van der Waals surface area contributed by atoms with Crippen LogP contribution in [-0.4, -0.2) is 42.4 Å². The molecule has 2 atom stereocenters. The fraction of sp³-hybridized carbons (Fsp3) is 0.375. The predicted molar refractivity (Wildman–Crippen MR) is 80.5 cm³/mol. The lowest BCUT2D eigenvalue weighted by Crippen LogP contribution is -2.35. The molecule has 0 radical (unpaired) electrons. The topological polar surface area (TPSA) is 47.5 Å². The molecule has 0 N–H and O–H groups in total. The number of rotatable bonds is 5. The lowest BCUT2D eigenvalue weighted by Gasteiger charge is -2.25. The van der Waals surface area contributed by atoms with Gasteiger partial charge < -0.3 is 14.4 Å². The molecular weight excluding hydrogens is 285 g/mol. The predicted octanol–water partition coefficient (Wildman–Crippen LogP) is 2.29. The minimum Gasteiger partial charge on any atom is -0.490 e. The third kappa shape index (κ3) is 3.33. The molecule has 2 aromatic heterocycles. The van der Waals surface area contributed by atoms with Gasteiger partial charge in [-0.05, 0) is 30.7 Å². The Kier molecular flexibility index (Phi) is 4.48. The summed E-state index contributed by atoms with van der Waals surface area (Å²) in [5, 5.41) is 0. The maximum atomic E-state index is 13.0. The van der Waals surface area contributed by atoms with Gasteiger partial charge in [-0.15, -0.1) is 0 Å². The standard InChI is InChI=1S/C16H18FN3O2/c1-21-15-7-13(11-22-14-3-2-6-18-9-14)20(10-15)16-5-4-12(17)8-19-16/h2-6,8-9,13,15H,7,10-11H2,1H3/t13-,15+/m0/s1. The van der Waals surface area contributed by atoms with E-state index in [-0.39, 0.29) is 18.0 Å². The Morgan fingerprint density at radius 1 is 1.32 bits per heavy atom. The van der Waals surface area contributed by atoms with Gasteiger partial charge in [-0.3, -0.25) is 4.98 Å². The first-order valence-corrected chi connectivity index (χ1v) is 7.20. The molecule has 0 spiro atoms. The van der Waals surface area contributed by atoms with E-state index in [1.807, 2.05) is 12.1 Å². The van der Waals surface area contributed by atoms with Crippen molar-refractivity contribution < 1.29 is 13.9 Å². The third-order valence-electron chi connectivity index (χ3n) is 3.79. The van der Waals surface area contributed by atoms with Crippen LogP contribution in [-0.2, 0) is 4.74 Å². The van der Waals surface area contributed by atoms with Crippen molar-refractivity contribution in [2.75, 3.05) is 25.2 Å². The zero-order valence-electron chi connectivity index (χ0n) is 12.4. The lowest BCUT2D eigenvalue weighted by atomic mass is 10.2. The molecule has 3 rings (SSSR count). The highest BCUT2D eigenvalue weighted by Crippen LogP contribution is 2.26. The molecule has 1 aliphatic heterocycles. The van der Waals surface area contributed by atoms with Crippen LogP contribution in [0.4, 0.5) is 10.2 Å². The van der Waals surface area contributed by atoms with Gasteiger partial charge in [-0.1, -0.05) is 0 Å². The summed E-state index contributed by atoms with van der Waals surface area (Å²) >= 11 is 0. The van der Waals surface area contributed by atoms with Crippen molar-refractivity contribution in [2.45, 2.75) is 18.6 Å². The average molecular weight is 303 g/mol. The fourth-order valence-corrected chi connectivity index (χ4v) is 2.65. The largest absolute Gasteiger partial charge is 0.490 e. The van der Waals surface area contributed by atoms with Crippen LogP contribution >= 0.6 is 0 Å². The molecule has 5 nitrogen and oxygen atoms in total. The normalized spacial score (nSPS) is 21.1. The summed E-state index contributed by atoms with van der Waals surface area (Å²) in [6, 6.07) is 6.94. The van der Waals surface area contributed by atoms with Crippen LogP contribution in [0.2, 0.25) is 0 Å². The number of methoxy groups -OCH3 is 1. The smallest absolute Gasteiger partial charge is 0.141 e. The summed E-state index contributed by atoms with van der Waals surface area (Å²) in [4.78, 5) is 10.3. The Morgan fingerprint density at radius 3 is 2.91 bits per heavy atom. The van der Waals surface area contributed by atoms with Crippen LogP contribution in [0.15, 0.2) is 42.9 Å². The monoisotopic (exact) mass is 303 g/mol. The van der Waals surface area contributed by atoms with Crippen molar-refractivity contribution in [1.82, 2.24) is 9.97 Å². The molecule has 3 heterocycles. The Morgan fingerprint density at radius 2 is 2.23 bits per heavy atom. The van der Waals surface area contributed by atoms with E-state index in [9.17, 15) is 4.39 Å². The molecule has 1 fully saturated rings. The fourth-order valence-electron chi connectivity index (χ4n) is 2.65. The van der Waals surface area contributed by atoms with Crippen molar-refractivity contribution in [3.8, 4) is 5.75 Å². The van der Waals surface area contributed by atoms with Crippen LogP contribution in [0.1, 0.15) is 6.42 Å². The number of hydrogen-bond acceptors (Lipinski definition) is 5. The molecule has 0 amide bonds. The van der Waals surface area contributed by atoms with Gasteiger partial charge in [0, 0.05) is 19.9 Å². The molecule has 116 valence electrons. The molecule has 1 aliphatic rings. The van der Waals surface area contributed by atoms with Crippen LogP contribution in [0.25, 0.3) is 0 Å². The first-order chi connectivity index (χ1) is 10.8. The highest BCUT2D eigenvalue weighted by molar-refractivity contribution is 5.41. The summed E-state index contributed by atoms with van der Waals surface area (Å²) in [5.74, 6) is 1.13. The van der Waals surface area contributed by atoms with Gasteiger partial charge in [-0.25, -0.2) is 9.37 Å². The quantitative estimate of drug-likeness (QED) is 0.848. The van der Waals surface area contributed by atoms with Gasteiger partial charge in [-0.2, -0.15) is 0 Å². The highest BCUT2D eigenvalue weighted by atomic mass is 19.1. The van der Waals surface area contributed by atoms with E-state index in [0.717, 1.165) is 24.5 Å². The molecule has 0 bridgehead atoms. The van der Waals surface area contributed by atoms with Crippen LogP contribution in [0.3, 0.4) is 0 Å². The summed E-state index contributed by atoms with van der Waals surface area (Å²) in [7, 11) is 1.70. The SMILES string of the molecule is CO[C@@H]1C[C@@H](COc2cccnc2)N(c2ccc(F)cn2)C1. The minimum absolute atomic E-state index is 0.120. The van der Waals surface area contributed by atoms with Gasteiger partial charge in [0.05, 0.1) is 24.5 Å². The minimum atomic E-state index is -0.339. The second kappa shape index (κ2) is 6.70. The molecule has 0 aliphatic carbocycles. The third-order valence-corrected chi connectivity index (χ3v) is 3.79. The molecule has 2 aromatic rings. The number of ether oxygens (including phenoxy) is 2. The average Bonchev–Trinajstić information content (AvgIpc) is 2.98. The van der Waals surface area contributed by atoms with E-state index in [4.69, 9.17) is 9.47 Å². The van der Waals surface area contributed by atoms with Gasteiger partial charge in [0.25, 0.3) is 0 Å². The number of pyridine rings is 2. The van der Waals surface area contributed by atoms with E-state index in [1.54, 1.807) is 25.6 Å². The molecule has 22 heavy (non-hydrogen) atoms. The highest BCUT2D eigenvalue weighted by Gasteiger charge is 2.33. The molecule has 1 saturated heterocycles. The summed E-state index contributed by atoms with van der Waals surface area (Å²) in [6.07, 6.45) is 5.58. The first kappa shape index (κ1) is 14.7. The Bertz CT molecular complexity index is 594. The van der Waals surface area contributed by atoms with Crippen molar-refractivity contribution in [2.24, 2.45) is 0 Å². The van der Waals surface area contributed by atoms with E-state index in [2.05, 4.69) is 14.9 Å². The molecule has 0 unspecified atom stereocenters. The number of aromatic nitrogens is 2. The van der Waals surface area contributed by atoms with Crippen molar-refractivity contribution in [3.05, 3.63) is 48.7 Å². The number of nitrogens with zero attached hydrogens (tertiary/aromatic N) is 3. The second-order valence-corrected chi connectivity index (χ2v) is 5.23. The van der Waals surface area contributed by atoms with E-state index in [0.29, 0.717) is 6.61 Å². The first-order valence-electron chi connectivity index (χ1n) is 7.20. The Hall–Kier alpha value is -2.21. The van der Waals surface area contributed by atoms with Crippen molar-refractivity contribution >= 4 is 5.82 Å². The van der Waals surface area contributed by atoms with Gasteiger partial charge in [0.2, 0.25) is 0 Å². The van der Waals surface area contributed by atoms with E-state index in [1.165, 1.54) is 12.3 Å². The number of halogens is 1. The van der Waals surface area contributed by atoms with Crippen LogP contribution in [0.5, 0.6) is 5.75 Å². The Labute approximate surface area is 128 Å². The molecular formula is C16H18FN3O2. The zero-order valence-corrected chi connectivity index (χ0v) is 12.4. The Balaban J connectivity index is 1.70. The molecule has 0 aromatic carbocycles. The second-order valence-electron chi connectivity index (χ2n) is 5.23. The van der Waals surface area contributed by atoms with E-state index < -0.39 is 0 Å². The number of anilines is 1. The lowest BCUT2D eigenvalue weighted by molar-refractivity contribution is 0.115. The summed E-state index contributed by atoms with van der Waals surface area (Å²) in [5.41, 5.74) is 0. The van der Waals surface area contributed by atoms with Crippen LogP contribution in [0, 0.1) is 5.82 Å². The van der Waals surface area contributed by atoms with Crippen molar-refractivity contribution in [1.29, 1.82) is 0 Å².